The van der Waals surface area contributed by atoms with Crippen LogP contribution in [-0.2, 0) is 11.3 Å². The number of rotatable bonds is 6. The number of aromatic nitrogens is 1. The van der Waals surface area contributed by atoms with Crippen LogP contribution in [0.1, 0.15) is 5.69 Å². The summed E-state index contributed by atoms with van der Waals surface area (Å²) in [6, 6.07) is 5.68. The van der Waals surface area contributed by atoms with Crippen LogP contribution >= 0.6 is 0 Å². The minimum atomic E-state index is 0.0486. The highest BCUT2D eigenvalue weighted by atomic mass is 16.2. The molecule has 0 aliphatic carbocycles. The van der Waals surface area contributed by atoms with E-state index in [4.69, 9.17) is 0 Å². The maximum absolute atomic E-state index is 11.6. The largest absolute Gasteiger partial charge is 0.339 e. The molecular formula is C12H17N3O. The average Bonchev–Trinajstić information content (AvgIpc) is 2.30. The molecular weight excluding hydrogens is 202 g/mol. The molecule has 0 aromatic carbocycles. The molecule has 4 nitrogen and oxygen atoms in total. The van der Waals surface area contributed by atoms with Crippen molar-refractivity contribution in [1.82, 2.24) is 15.2 Å². The predicted molar refractivity (Wildman–Crippen MR) is 63.8 cm³/mol. The summed E-state index contributed by atoms with van der Waals surface area (Å²) in [5, 5.41) is 2.97. The number of carbonyl (C=O) groups excluding carboxylic acids is 1. The lowest BCUT2D eigenvalue weighted by Gasteiger charge is -2.16. The van der Waals surface area contributed by atoms with E-state index in [1.807, 2.05) is 18.2 Å². The van der Waals surface area contributed by atoms with Crippen LogP contribution in [0.5, 0.6) is 0 Å². The fourth-order valence-corrected chi connectivity index (χ4v) is 1.24. The van der Waals surface area contributed by atoms with Crippen LogP contribution < -0.4 is 5.32 Å². The van der Waals surface area contributed by atoms with E-state index in [-0.39, 0.29) is 5.91 Å². The first-order valence-electron chi connectivity index (χ1n) is 5.19. The minimum absolute atomic E-state index is 0.0486. The number of nitrogens with zero attached hydrogens (tertiary/aromatic N) is 2. The average molecular weight is 219 g/mol. The van der Waals surface area contributed by atoms with Crippen molar-refractivity contribution in [3.8, 4) is 0 Å². The molecule has 0 spiro atoms. The normalized spacial score (nSPS) is 9.81. The minimum Gasteiger partial charge on any atom is -0.339 e. The number of carbonyl (C=O) groups is 1. The van der Waals surface area contributed by atoms with Crippen LogP contribution in [0.3, 0.4) is 0 Å². The maximum Gasteiger partial charge on any atom is 0.236 e. The van der Waals surface area contributed by atoms with E-state index in [9.17, 15) is 4.79 Å². The molecule has 0 unspecified atom stereocenters. The third-order valence-electron chi connectivity index (χ3n) is 2.12. The molecule has 0 saturated carbocycles. The molecule has 1 amide bonds. The van der Waals surface area contributed by atoms with Crippen LogP contribution in [0.2, 0.25) is 0 Å². The first-order chi connectivity index (χ1) is 7.74. The Kier molecular flexibility index (Phi) is 5.22. The lowest BCUT2D eigenvalue weighted by atomic mass is 10.3. The van der Waals surface area contributed by atoms with Gasteiger partial charge < -0.3 is 10.2 Å². The van der Waals surface area contributed by atoms with E-state index >= 15 is 0 Å². The first kappa shape index (κ1) is 12.4. The molecule has 16 heavy (non-hydrogen) atoms. The van der Waals surface area contributed by atoms with Crippen molar-refractivity contribution < 1.29 is 4.79 Å². The molecule has 1 N–H and O–H groups in total. The van der Waals surface area contributed by atoms with Crippen molar-refractivity contribution in [3.63, 3.8) is 0 Å². The van der Waals surface area contributed by atoms with Gasteiger partial charge in [0.2, 0.25) is 5.91 Å². The van der Waals surface area contributed by atoms with Crippen molar-refractivity contribution in [2.75, 3.05) is 20.1 Å². The van der Waals surface area contributed by atoms with Crippen molar-refractivity contribution in [2.45, 2.75) is 6.54 Å². The summed E-state index contributed by atoms with van der Waals surface area (Å²) in [5.74, 6) is 0.0486. The molecule has 4 heteroatoms. The van der Waals surface area contributed by atoms with Gasteiger partial charge in [0.15, 0.2) is 0 Å². The van der Waals surface area contributed by atoms with Crippen LogP contribution in [0, 0.1) is 0 Å². The Labute approximate surface area is 96.0 Å². The van der Waals surface area contributed by atoms with Gasteiger partial charge >= 0.3 is 0 Å². The maximum atomic E-state index is 11.6. The standard InChI is InChI=1S/C12H17N3O/c1-3-7-13-9-12(16)15(2)10-11-6-4-5-8-14-11/h3-6,8,13H,1,7,9-10H2,2H3. The van der Waals surface area contributed by atoms with E-state index in [0.29, 0.717) is 19.6 Å². The summed E-state index contributed by atoms with van der Waals surface area (Å²) >= 11 is 0. The van der Waals surface area contributed by atoms with Crippen LogP contribution in [0.4, 0.5) is 0 Å². The smallest absolute Gasteiger partial charge is 0.236 e. The van der Waals surface area contributed by atoms with Crippen molar-refractivity contribution in [1.29, 1.82) is 0 Å². The van der Waals surface area contributed by atoms with Gasteiger partial charge in [-0.2, -0.15) is 0 Å². The van der Waals surface area contributed by atoms with Gasteiger partial charge in [-0.1, -0.05) is 12.1 Å². The number of hydrogen-bond donors (Lipinski definition) is 1. The van der Waals surface area contributed by atoms with E-state index in [1.165, 1.54) is 0 Å². The highest BCUT2D eigenvalue weighted by molar-refractivity contribution is 5.77. The van der Waals surface area contributed by atoms with Crippen LogP contribution in [-0.4, -0.2) is 35.9 Å². The van der Waals surface area contributed by atoms with E-state index in [2.05, 4.69) is 16.9 Å². The molecule has 0 bridgehead atoms. The van der Waals surface area contributed by atoms with Gasteiger partial charge in [-0.25, -0.2) is 0 Å². The van der Waals surface area contributed by atoms with E-state index < -0.39 is 0 Å². The summed E-state index contributed by atoms with van der Waals surface area (Å²) in [6.07, 6.45) is 3.45. The quantitative estimate of drug-likeness (QED) is 0.569. The Balaban J connectivity index is 2.37. The topological polar surface area (TPSA) is 45.2 Å². The van der Waals surface area contributed by atoms with Crippen molar-refractivity contribution in [3.05, 3.63) is 42.7 Å². The van der Waals surface area contributed by atoms with E-state index in [1.54, 1.807) is 24.2 Å². The van der Waals surface area contributed by atoms with Crippen molar-refractivity contribution in [2.24, 2.45) is 0 Å². The molecule has 0 saturated heterocycles. The molecule has 0 aliphatic rings. The second-order valence-electron chi connectivity index (χ2n) is 3.49. The third-order valence-corrected chi connectivity index (χ3v) is 2.12. The second kappa shape index (κ2) is 6.74. The molecule has 0 atom stereocenters. The number of amides is 1. The lowest BCUT2D eigenvalue weighted by molar-refractivity contribution is -0.129. The number of pyridine rings is 1. The highest BCUT2D eigenvalue weighted by Crippen LogP contribution is 1.98. The monoisotopic (exact) mass is 219 g/mol. The Bertz CT molecular complexity index is 337. The Morgan fingerprint density at radius 2 is 2.44 bits per heavy atom. The van der Waals surface area contributed by atoms with Gasteiger partial charge in [-0.15, -0.1) is 6.58 Å². The first-order valence-corrected chi connectivity index (χ1v) is 5.19. The van der Waals surface area contributed by atoms with Gasteiger partial charge in [0.05, 0.1) is 18.8 Å². The number of likely N-dealkylation sites (N-methyl/N-ethyl adjacent to an activating group) is 1. The predicted octanol–water partition coefficient (Wildman–Crippen LogP) is 0.816. The molecule has 0 radical (unpaired) electrons. The van der Waals surface area contributed by atoms with Crippen LogP contribution in [0.15, 0.2) is 37.1 Å². The zero-order valence-corrected chi connectivity index (χ0v) is 9.52. The zero-order chi connectivity index (χ0) is 11.8. The second-order valence-corrected chi connectivity index (χ2v) is 3.49. The summed E-state index contributed by atoms with van der Waals surface area (Å²) < 4.78 is 0. The Morgan fingerprint density at radius 1 is 1.62 bits per heavy atom. The van der Waals surface area contributed by atoms with Crippen LogP contribution in [0.25, 0.3) is 0 Å². The fraction of sp³-hybridized carbons (Fsp3) is 0.333. The highest BCUT2D eigenvalue weighted by Gasteiger charge is 2.08. The molecule has 0 fully saturated rings. The molecule has 1 aromatic heterocycles. The third kappa shape index (κ3) is 4.23. The zero-order valence-electron chi connectivity index (χ0n) is 9.52. The summed E-state index contributed by atoms with van der Waals surface area (Å²) in [6.45, 7) is 5.08. The number of nitrogens with one attached hydrogen (secondary N) is 1. The van der Waals surface area contributed by atoms with Gasteiger partial charge in [0.25, 0.3) is 0 Å². The van der Waals surface area contributed by atoms with Gasteiger partial charge in [0.1, 0.15) is 0 Å². The van der Waals surface area contributed by atoms with Gasteiger partial charge in [-0.05, 0) is 12.1 Å². The lowest BCUT2D eigenvalue weighted by Crippen LogP contribution is -2.35. The van der Waals surface area contributed by atoms with Gasteiger partial charge in [-0.3, -0.25) is 9.78 Å². The molecule has 0 aliphatic heterocycles. The van der Waals surface area contributed by atoms with Gasteiger partial charge in [0, 0.05) is 19.8 Å². The fourth-order valence-electron chi connectivity index (χ4n) is 1.24. The molecule has 1 heterocycles. The van der Waals surface area contributed by atoms with E-state index in [0.717, 1.165) is 5.69 Å². The summed E-state index contributed by atoms with van der Waals surface area (Å²) in [4.78, 5) is 17.4. The molecule has 1 aromatic rings. The number of hydrogen-bond acceptors (Lipinski definition) is 3. The summed E-state index contributed by atoms with van der Waals surface area (Å²) in [5.41, 5.74) is 0.891. The Hall–Kier alpha value is -1.68. The Morgan fingerprint density at radius 3 is 3.06 bits per heavy atom. The SMILES string of the molecule is C=CCNCC(=O)N(C)Cc1ccccn1. The summed E-state index contributed by atoms with van der Waals surface area (Å²) in [7, 11) is 1.77. The molecule has 1 rings (SSSR count). The molecule has 86 valence electrons. The van der Waals surface area contributed by atoms with Crippen molar-refractivity contribution >= 4 is 5.91 Å².